The van der Waals surface area contributed by atoms with E-state index in [1.807, 2.05) is 59.2 Å². The molecule has 0 aliphatic carbocycles. The maximum absolute atomic E-state index is 10.1. The summed E-state index contributed by atoms with van der Waals surface area (Å²) in [5.74, 6) is 2.26. The van der Waals surface area contributed by atoms with Crippen LogP contribution in [0.15, 0.2) is 84.9 Å². The van der Waals surface area contributed by atoms with Gasteiger partial charge in [0.25, 0.3) is 0 Å². The minimum absolute atomic E-state index is 0. The SMILES string of the molecule is COc1cccc(-n2c3[c-]c(Oc4ccc5cccc(O)c5n4)ccc3c3ccccc32)n1.[Pt]. The van der Waals surface area contributed by atoms with Crippen molar-refractivity contribution in [3.05, 3.63) is 91.0 Å². The zero-order chi connectivity index (χ0) is 22.4. The number of rotatable bonds is 4. The van der Waals surface area contributed by atoms with Crippen molar-refractivity contribution in [1.29, 1.82) is 0 Å². The molecule has 170 valence electrons. The number of methoxy groups -OCH3 is 1. The molecule has 0 amide bonds. The first-order valence-corrected chi connectivity index (χ1v) is 10.4. The topological polar surface area (TPSA) is 69.4 Å². The van der Waals surface area contributed by atoms with Crippen LogP contribution < -0.4 is 9.47 Å². The van der Waals surface area contributed by atoms with E-state index in [4.69, 9.17) is 9.47 Å². The molecule has 0 aliphatic rings. The fourth-order valence-electron chi connectivity index (χ4n) is 4.10. The van der Waals surface area contributed by atoms with Crippen LogP contribution in [0.5, 0.6) is 23.3 Å². The Balaban J connectivity index is 0.00000241. The van der Waals surface area contributed by atoms with Crippen LogP contribution in [-0.4, -0.2) is 26.8 Å². The average molecular weight is 628 g/mol. The standard InChI is InChI=1S/C27H18N3O3.Pt/c1-32-25-11-5-10-24(28-25)30-21-8-3-2-7-19(21)20-14-13-18(16-22(20)30)33-26-15-12-17-6-4-9-23(31)27(17)29-26;/h2-15,31H,1H3;/q-1;. The molecule has 0 saturated heterocycles. The van der Waals surface area contributed by atoms with Crippen LogP contribution in [0.25, 0.3) is 38.5 Å². The smallest absolute Gasteiger partial charge is 0.217 e. The van der Waals surface area contributed by atoms with Crippen LogP contribution >= 0.6 is 0 Å². The van der Waals surface area contributed by atoms with Crippen LogP contribution in [-0.2, 0) is 21.1 Å². The van der Waals surface area contributed by atoms with E-state index in [0.717, 1.165) is 33.0 Å². The molecule has 0 atom stereocenters. The zero-order valence-electron chi connectivity index (χ0n) is 18.0. The Morgan fingerprint density at radius 3 is 2.53 bits per heavy atom. The largest absolute Gasteiger partial charge is 0.506 e. The second-order valence-electron chi connectivity index (χ2n) is 7.58. The van der Waals surface area contributed by atoms with E-state index in [1.165, 1.54) is 0 Å². The summed E-state index contributed by atoms with van der Waals surface area (Å²) >= 11 is 0. The predicted molar refractivity (Wildman–Crippen MR) is 127 cm³/mol. The molecule has 6 aromatic rings. The van der Waals surface area contributed by atoms with Gasteiger partial charge in [0.2, 0.25) is 11.8 Å². The molecule has 1 N–H and O–H groups in total. The minimum atomic E-state index is 0. The van der Waals surface area contributed by atoms with Gasteiger partial charge in [-0.25, -0.2) is 4.98 Å². The van der Waals surface area contributed by atoms with Gasteiger partial charge in [-0.15, -0.1) is 17.5 Å². The van der Waals surface area contributed by atoms with E-state index in [0.29, 0.717) is 23.0 Å². The number of para-hydroxylation sites is 2. The summed E-state index contributed by atoms with van der Waals surface area (Å²) in [6.45, 7) is 0. The van der Waals surface area contributed by atoms with Crippen molar-refractivity contribution in [3.8, 4) is 29.1 Å². The van der Waals surface area contributed by atoms with Gasteiger partial charge in [-0.1, -0.05) is 41.9 Å². The van der Waals surface area contributed by atoms with Crippen LogP contribution in [0.2, 0.25) is 0 Å². The van der Waals surface area contributed by atoms with Crippen LogP contribution in [0.3, 0.4) is 0 Å². The summed E-state index contributed by atoms with van der Waals surface area (Å²) in [7, 11) is 1.60. The Kier molecular flexibility index (Phi) is 5.68. The molecule has 3 aromatic carbocycles. The van der Waals surface area contributed by atoms with Crippen LogP contribution in [0.4, 0.5) is 0 Å². The van der Waals surface area contributed by atoms with Crippen molar-refractivity contribution in [3.63, 3.8) is 0 Å². The van der Waals surface area contributed by atoms with E-state index >= 15 is 0 Å². The Morgan fingerprint density at radius 1 is 0.794 bits per heavy atom. The molecule has 0 spiro atoms. The van der Waals surface area contributed by atoms with E-state index in [9.17, 15) is 5.11 Å². The van der Waals surface area contributed by atoms with E-state index in [2.05, 4.69) is 28.2 Å². The molecule has 0 aliphatic heterocycles. The van der Waals surface area contributed by atoms with E-state index in [-0.39, 0.29) is 26.8 Å². The first kappa shape index (κ1) is 21.9. The van der Waals surface area contributed by atoms with Crippen molar-refractivity contribution in [1.82, 2.24) is 14.5 Å². The monoisotopic (exact) mass is 627 g/mol. The first-order valence-electron chi connectivity index (χ1n) is 10.4. The maximum atomic E-state index is 10.1. The summed E-state index contributed by atoms with van der Waals surface area (Å²) in [5, 5.41) is 13.1. The minimum Gasteiger partial charge on any atom is -0.506 e. The first-order chi connectivity index (χ1) is 16.2. The fraction of sp³-hybridized carbons (Fsp3) is 0.0370. The number of hydrogen-bond acceptors (Lipinski definition) is 5. The van der Waals surface area contributed by atoms with Gasteiger partial charge >= 0.3 is 0 Å². The molecule has 0 unspecified atom stereocenters. The summed E-state index contributed by atoms with van der Waals surface area (Å²) in [4.78, 5) is 9.10. The van der Waals surface area contributed by atoms with Crippen molar-refractivity contribution in [2.45, 2.75) is 0 Å². The molecule has 6 nitrogen and oxygen atoms in total. The molecular weight excluding hydrogens is 609 g/mol. The number of aromatic nitrogens is 3. The molecular formula is C27H18N3O3Pt-. The number of benzene rings is 3. The fourth-order valence-corrected chi connectivity index (χ4v) is 4.10. The second-order valence-corrected chi connectivity index (χ2v) is 7.58. The normalized spacial score (nSPS) is 11.0. The third-order valence-corrected chi connectivity index (χ3v) is 5.59. The van der Waals surface area contributed by atoms with Crippen molar-refractivity contribution in [2.24, 2.45) is 0 Å². The third kappa shape index (κ3) is 3.66. The number of fused-ring (bicyclic) bond motifs is 4. The molecule has 7 heteroatoms. The van der Waals surface area contributed by atoms with Gasteiger partial charge in [0.15, 0.2) is 0 Å². The molecule has 0 bridgehead atoms. The number of aromatic hydroxyl groups is 1. The number of ether oxygens (including phenoxy) is 2. The van der Waals surface area contributed by atoms with Gasteiger partial charge < -0.3 is 19.1 Å². The Morgan fingerprint density at radius 2 is 1.65 bits per heavy atom. The number of pyridine rings is 2. The van der Waals surface area contributed by atoms with Gasteiger partial charge in [0.1, 0.15) is 17.1 Å². The van der Waals surface area contributed by atoms with E-state index in [1.54, 1.807) is 25.3 Å². The molecule has 0 radical (unpaired) electrons. The molecule has 0 saturated carbocycles. The zero-order valence-corrected chi connectivity index (χ0v) is 20.3. The Bertz CT molecular complexity index is 1660. The summed E-state index contributed by atoms with van der Waals surface area (Å²) in [6.07, 6.45) is 0. The van der Waals surface area contributed by atoms with Gasteiger partial charge in [0, 0.05) is 49.9 Å². The molecule has 3 heterocycles. The van der Waals surface area contributed by atoms with Crippen molar-refractivity contribution < 1.29 is 35.6 Å². The third-order valence-electron chi connectivity index (χ3n) is 5.59. The van der Waals surface area contributed by atoms with E-state index < -0.39 is 0 Å². The Labute approximate surface area is 209 Å². The molecule has 3 aromatic heterocycles. The van der Waals surface area contributed by atoms with Gasteiger partial charge in [-0.3, -0.25) is 0 Å². The number of nitrogens with zero attached hydrogens (tertiary/aromatic N) is 3. The Hall–Kier alpha value is -3.89. The molecule has 34 heavy (non-hydrogen) atoms. The quantitative estimate of drug-likeness (QED) is 0.242. The maximum Gasteiger partial charge on any atom is 0.217 e. The van der Waals surface area contributed by atoms with Crippen molar-refractivity contribution in [2.75, 3.05) is 7.11 Å². The summed E-state index contributed by atoms with van der Waals surface area (Å²) in [6, 6.07) is 30.0. The predicted octanol–water partition coefficient (Wildman–Crippen LogP) is 6.03. The van der Waals surface area contributed by atoms with Gasteiger partial charge in [-0.05, 0) is 29.7 Å². The second kappa shape index (κ2) is 8.80. The summed E-state index contributed by atoms with van der Waals surface area (Å²) in [5.41, 5.74) is 2.33. The van der Waals surface area contributed by atoms with Gasteiger partial charge in [-0.2, -0.15) is 11.1 Å². The average Bonchev–Trinajstić information content (AvgIpc) is 3.18. The molecule has 6 rings (SSSR count). The van der Waals surface area contributed by atoms with Crippen LogP contribution in [0, 0.1) is 6.07 Å². The number of phenolic OH excluding ortho intramolecular Hbond substituents is 1. The molecule has 0 fully saturated rings. The van der Waals surface area contributed by atoms with Gasteiger partial charge in [0.05, 0.1) is 7.11 Å². The number of hydrogen-bond donors (Lipinski definition) is 1. The van der Waals surface area contributed by atoms with Crippen LogP contribution in [0.1, 0.15) is 0 Å². The summed E-state index contributed by atoms with van der Waals surface area (Å²) < 4.78 is 13.4. The van der Waals surface area contributed by atoms with Crippen molar-refractivity contribution >= 4 is 32.7 Å². The number of phenols is 1.